The van der Waals surface area contributed by atoms with Gasteiger partial charge in [-0.2, -0.15) is 0 Å². The van der Waals surface area contributed by atoms with Crippen molar-refractivity contribution in [2.24, 2.45) is 17.8 Å². The standard InChI is InChI=1S/C17H21N3O/c18-14-3-4-15-12(7-14)8-16(20-15)17(21)19-9-13-6-10-1-2-11(13)5-10/h3-4,7-8,10-11,13,20H,1-2,5-6,9,18H2,(H,19,21). The minimum absolute atomic E-state index is 0.00690. The Balaban J connectivity index is 1.44. The number of fused-ring (bicyclic) bond motifs is 3. The van der Waals surface area contributed by atoms with Gasteiger partial charge >= 0.3 is 0 Å². The molecule has 21 heavy (non-hydrogen) atoms. The van der Waals surface area contributed by atoms with Crippen molar-refractivity contribution in [3.63, 3.8) is 0 Å². The van der Waals surface area contributed by atoms with Gasteiger partial charge in [0, 0.05) is 23.1 Å². The van der Waals surface area contributed by atoms with E-state index in [4.69, 9.17) is 5.73 Å². The summed E-state index contributed by atoms with van der Waals surface area (Å²) in [5, 5.41) is 4.09. The molecule has 2 aliphatic carbocycles. The zero-order valence-electron chi connectivity index (χ0n) is 12.1. The molecule has 2 aromatic rings. The smallest absolute Gasteiger partial charge is 0.267 e. The Morgan fingerprint density at radius 2 is 2.19 bits per heavy atom. The Bertz CT molecular complexity index is 690. The van der Waals surface area contributed by atoms with Crippen LogP contribution in [0.1, 0.15) is 36.2 Å². The largest absolute Gasteiger partial charge is 0.399 e. The lowest BCUT2D eigenvalue weighted by Gasteiger charge is -2.21. The summed E-state index contributed by atoms with van der Waals surface area (Å²) in [6.07, 6.45) is 5.44. The Morgan fingerprint density at radius 3 is 2.95 bits per heavy atom. The maximum Gasteiger partial charge on any atom is 0.267 e. The van der Waals surface area contributed by atoms with Crippen LogP contribution in [0.15, 0.2) is 24.3 Å². The lowest BCUT2D eigenvalue weighted by atomic mass is 9.89. The summed E-state index contributed by atoms with van der Waals surface area (Å²) in [7, 11) is 0. The number of hydrogen-bond donors (Lipinski definition) is 3. The number of hydrogen-bond acceptors (Lipinski definition) is 2. The van der Waals surface area contributed by atoms with Gasteiger partial charge in [0.25, 0.3) is 5.91 Å². The van der Waals surface area contributed by atoms with Gasteiger partial charge in [0.05, 0.1) is 0 Å². The Kier molecular flexibility index (Phi) is 2.91. The first-order valence-electron chi connectivity index (χ1n) is 7.85. The van der Waals surface area contributed by atoms with Crippen LogP contribution in [0.25, 0.3) is 10.9 Å². The zero-order chi connectivity index (χ0) is 14.4. The molecular formula is C17H21N3O. The van der Waals surface area contributed by atoms with Crippen LogP contribution >= 0.6 is 0 Å². The Labute approximate surface area is 124 Å². The maximum absolute atomic E-state index is 12.3. The average Bonchev–Trinajstić information content (AvgIpc) is 3.18. The highest BCUT2D eigenvalue weighted by atomic mass is 16.1. The predicted molar refractivity (Wildman–Crippen MR) is 84.0 cm³/mol. The summed E-state index contributed by atoms with van der Waals surface area (Å²) < 4.78 is 0. The van der Waals surface area contributed by atoms with Crippen LogP contribution < -0.4 is 11.1 Å². The van der Waals surface area contributed by atoms with Crippen LogP contribution in [-0.2, 0) is 0 Å². The van der Waals surface area contributed by atoms with Gasteiger partial charge in [-0.1, -0.05) is 6.42 Å². The molecule has 2 aliphatic rings. The molecule has 4 N–H and O–H groups in total. The molecule has 110 valence electrons. The highest BCUT2D eigenvalue weighted by Crippen LogP contribution is 2.47. The van der Waals surface area contributed by atoms with E-state index in [0.717, 1.165) is 35.0 Å². The molecule has 2 saturated carbocycles. The van der Waals surface area contributed by atoms with Crippen molar-refractivity contribution in [1.29, 1.82) is 0 Å². The van der Waals surface area contributed by atoms with E-state index in [2.05, 4.69) is 10.3 Å². The van der Waals surface area contributed by atoms with Crippen molar-refractivity contribution in [3.05, 3.63) is 30.0 Å². The first-order chi connectivity index (χ1) is 10.2. The van der Waals surface area contributed by atoms with Crippen LogP contribution in [0, 0.1) is 17.8 Å². The minimum Gasteiger partial charge on any atom is -0.399 e. The Hall–Kier alpha value is -1.97. The second-order valence-electron chi connectivity index (χ2n) is 6.67. The third kappa shape index (κ3) is 2.28. The van der Waals surface area contributed by atoms with E-state index < -0.39 is 0 Å². The third-order valence-corrected chi connectivity index (χ3v) is 5.30. The fourth-order valence-corrected chi connectivity index (χ4v) is 4.22. The second kappa shape index (κ2) is 4.79. The fourth-order valence-electron chi connectivity index (χ4n) is 4.22. The maximum atomic E-state index is 12.3. The minimum atomic E-state index is -0.00690. The van der Waals surface area contributed by atoms with Gasteiger partial charge in [-0.15, -0.1) is 0 Å². The van der Waals surface area contributed by atoms with Crippen molar-refractivity contribution in [1.82, 2.24) is 10.3 Å². The van der Waals surface area contributed by atoms with E-state index in [1.807, 2.05) is 24.3 Å². The van der Waals surface area contributed by atoms with Crippen LogP contribution in [0.2, 0.25) is 0 Å². The number of aromatic nitrogens is 1. The fraction of sp³-hybridized carbons (Fsp3) is 0.471. The summed E-state index contributed by atoms with van der Waals surface area (Å²) in [6, 6.07) is 7.52. The molecule has 1 amide bonds. The number of carbonyl (C=O) groups is 1. The quantitative estimate of drug-likeness (QED) is 0.758. The van der Waals surface area contributed by atoms with E-state index in [9.17, 15) is 4.79 Å². The second-order valence-corrected chi connectivity index (χ2v) is 6.67. The van der Waals surface area contributed by atoms with Gasteiger partial charge in [0.2, 0.25) is 0 Å². The molecule has 0 spiro atoms. The summed E-state index contributed by atoms with van der Waals surface area (Å²) in [5.74, 6) is 2.45. The monoisotopic (exact) mass is 283 g/mol. The number of nitrogens with two attached hydrogens (primary N) is 1. The van der Waals surface area contributed by atoms with Gasteiger partial charge in [0.15, 0.2) is 0 Å². The molecule has 3 unspecified atom stereocenters. The van der Waals surface area contributed by atoms with E-state index in [1.54, 1.807) is 0 Å². The van der Waals surface area contributed by atoms with E-state index in [0.29, 0.717) is 11.6 Å². The lowest BCUT2D eigenvalue weighted by molar-refractivity contribution is 0.0937. The first-order valence-corrected chi connectivity index (χ1v) is 7.85. The molecule has 4 rings (SSSR count). The number of anilines is 1. The molecule has 1 heterocycles. The topological polar surface area (TPSA) is 70.9 Å². The van der Waals surface area contributed by atoms with Gasteiger partial charge in [0.1, 0.15) is 5.69 Å². The van der Waals surface area contributed by atoms with Crippen molar-refractivity contribution < 1.29 is 4.79 Å². The number of rotatable bonds is 3. The van der Waals surface area contributed by atoms with Crippen molar-refractivity contribution >= 4 is 22.5 Å². The molecule has 1 aromatic carbocycles. The number of aromatic amines is 1. The normalized spacial score (nSPS) is 27.3. The number of amides is 1. The summed E-state index contributed by atoms with van der Waals surface area (Å²) in [5.41, 5.74) is 8.07. The summed E-state index contributed by atoms with van der Waals surface area (Å²) in [6.45, 7) is 0.817. The molecular weight excluding hydrogens is 262 g/mol. The van der Waals surface area contributed by atoms with Crippen LogP contribution in [0.5, 0.6) is 0 Å². The Morgan fingerprint density at radius 1 is 1.29 bits per heavy atom. The highest BCUT2D eigenvalue weighted by molar-refractivity contribution is 5.98. The van der Waals surface area contributed by atoms with Gasteiger partial charge < -0.3 is 16.0 Å². The molecule has 0 saturated heterocycles. The van der Waals surface area contributed by atoms with Gasteiger partial charge in [-0.05, 0) is 61.3 Å². The van der Waals surface area contributed by atoms with E-state index in [1.165, 1.54) is 25.7 Å². The van der Waals surface area contributed by atoms with Crippen LogP contribution in [0.4, 0.5) is 5.69 Å². The zero-order valence-corrected chi connectivity index (χ0v) is 12.1. The number of nitrogen functional groups attached to an aromatic ring is 1. The lowest BCUT2D eigenvalue weighted by Crippen LogP contribution is -2.31. The molecule has 4 heteroatoms. The summed E-state index contributed by atoms with van der Waals surface area (Å²) >= 11 is 0. The number of carbonyl (C=O) groups excluding carboxylic acids is 1. The number of benzene rings is 1. The van der Waals surface area contributed by atoms with Crippen molar-refractivity contribution in [3.8, 4) is 0 Å². The molecule has 1 aromatic heterocycles. The SMILES string of the molecule is Nc1ccc2[nH]c(C(=O)NCC3CC4CCC3C4)cc2c1. The molecule has 0 aliphatic heterocycles. The van der Waals surface area contributed by atoms with E-state index in [-0.39, 0.29) is 5.91 Å². The third-order valence-electron chi connectivity index (χ3n) is 5.30. The molecule has 0 radical (unpaired) electrons. The van der Waals surface area contributed by atoms with E-state index >= 15 is 0 Å². The molecule has 3 atom stereocenters. The average molecular weight is 283 g/mol. The number of H-pyrrole nitrogens is 1. The van der Waals surface area contributed by atoms with Crippen LogP contribution in [-0.4, -0.2) is 17.4 Å². The molecule has 4 nitrogen and oxygen atoms in total. The van der Waals surface area contributed by atoms with Gasteiger partial charge in [-0.3, -0.25) is 4.79 Å². The van der Waals surface area contributed by atoms with Crippen molar-refractivity contribution in [2.75, 3.05) is 12.3 Å². The predicted octanol–water partition coefficient (Wildman–Crippen LogP) is 2.92. The molecule has 2 fully saturated rings. The first kappa shape index (κ1) is 12.7. The number of nitrogens with one attached hydrogen (secondary N) is 2. The summed E-state index contributed by atoms with van der Waals surface area (Å²) in [4.78, 5) is 15.5. The van der Waals surface area contributed by atoms with Gasteiger partial charge in [-0.25, -0.2) is 0 Å². The van der Waals surface area contributed by atoms with Crippen LogP contribution in [0.3, 0.4) is 0 Å². The molecule has 2 bridgehead atoms. The van der Waals surface area contributed by atoms with Crippen molar-refractivity contribution in [2.45, 2.75) is 25.7 Å². The highest BCUT2D eigenvalue weighted by Gasteiger charge is 2.39.